The third-order valence-corrected chi connectivity index (χ3v) is 2.99. The summed E-state index contributed by atoms with van der Waals surface area (Å²) in [4.78, 5) is 23.3. The molecular formula is C14H16ClF3N2O2. The van der Waals surface area contributed by atoms with Crippen LogP contribution in [-0.2, 0) is 15.8 Å². The number of benzene rings is 1. The standard InChI is InChI=1S/C14H16ClF3N2O2/c1-13(2,3)12(22)19-7-11(21)20-10-6-8(14(16,17)18)4-5-9(10)15/h4-6H,7H2,1-3H3,(H,19,22)(H,20,21). The summed E-state index contributed by atoms with van der Waals surface area (Å²) in [5.74, 6) is -1.02. The molecule has 0 radical (unpaired) electrons. The largest absolute Gasteiger partial charge is 0.416 e. The highest BCUT2D eigenvalue weighted by Gasteiger charge is 2.31. The molecule has 0 saturated carbocycles. The second kappa shape index (κ2) is 6.56. The van der Waals surface area contributed by atoms with Crippen LogP contribution < -0.4 is 10.6 Å². The molecule has 122 valence electrons. The molecule has 0 atom stereocenters. The van der Waals surface area contributed by atoms with Crippen LogP contribution in [0.5, 0.6) is 0 Å². The molecule has 1 aromatic rings. The van der Waals surface area contributed by atoms with Gasteiger partial charge in [0.25, 0.3) is 0 Å². The zero-order valence-corrected chi connectivity index (χ0v) is 13.0. The van der Waals surface area contributed by atoms with Gasteiger partial charge in [-0.2, -0.15) is 13.2 Å². The van der Waals surface area contributed by atoms with Crippen LogP contribution in [0.2, 0.25) is 5.02 Å². The fourth-order valence-corrected chi connectivity index (χ4v) is 1.58. The molecule has 2 N–H and O–H groups in total. The second-order valence-corrected chi connectivity index (χ2v) is 6.08. The van der Waals surface area contributed by atoms with Gasteiger partial charge in [0.1, 0.15) is 0 Å². The second-order valence-electron chi connectivity index (χ2n) is 5.67. The van der Waals surface area contributed by atoms with Crippen molar-refractivity contribution in [2.75, 3.05) is 11.9 Å². The van der Waals surface area contributed by atoms with E-state index in [1.54, 1.807) is 20.8 Å². The summed E-state index contributed by atoms with van der Waals surface area (Å²) < 4.78 is 37.8. The molecule has 2 amide bonds. The number of hydrogen-bond donors (Lipinski definition) is 2. The molecule has 0 aliphatic carbocycles. The molecule has 0 fully saturated rings. The minimum absolute atomic E-state index is 0.0245. The van der Waals surface area contributed by atoms with Gasteiger partial charge in [-0.05, 0) is 18.2 Å². The maximum Gasteiger partial charge on any atom is 0.416 e. The molecule has 0 aromatic heterocycles. The maximum absolute atomic E-state index is 12.6. The number of carbonyl (C=O) groups excluding carboxylic acids is 2. The first-order valence-corrected chi connectivity index (χ1v) is 6.74. The van der Waals surface area contributed by atoms with Gasteiger partial charge in [-0.1, -0.05) is 32.4 Å². The van der Waals surface area contributed by atoms with E-state index in [4.69, 9.17) is 11.6 Å². The van der Waals surface area contributed by atoms with Crippen LogP contribution in [0, 0.1) is 5.41 Å². The fourth-order valence-electron chi connectivity index (χ4n) is 1.42. The molecular weight excluding hydrogens is 321 g/mol. The lowest BCUT2D eigenvalue weighted by Crippen LogP contribution is -2.39. The Kier molecular flexibility index (Phi) is 5.45. The normalized spacial score (nSPS) is 12.0. The van der Waals surface area contributed by atoms with Crippen LogP contribution in [0.1, 0.15) is 26.3 Å². The highest BCUT2D eigenvalue weighted by molar-refractivity contribution is 6.33. The average Bonchev–Trinajstić information content (AvgIpc) is 2.36. The minimum Gasteiger partial charge on any atom is -0.347 e. The molecule has 0 saturated heterocycles. The molecule has 4 nitrogen and oxygen atoms in total. The number of nitrogens with one attached hydrogen (secondary N) is 2. The highest BCUT2D eigenvalue weighted by atomic mass is 35.5. The maximum atomic E-state index is 12.6. The van der Waals surface area contributed by atoms with Crippen molar-refractivity contribution in [3.05, 3.63) is 28.8 Å². The van der Waals surface area contributed by atoms with Crippen molar-refractivity contribution in [1.82, 2.24) is 5.32 Å². The van der Waals surface area contributed by atoms with Gasteiger partial charge < -0.3 is 10.6 Å². The number of rotatable bonds is 3. The van der Waals surface area contributed by atoms with Crippen molar-refractivity contribution in [1.29, 1.82) is 0 Å². The van der Waals surface area contributed by atoms with Crippen molar-refractivity contribution in [3.8, 4) is 0 Å². The van der Waals surface area contributed by atoms with E-state index in [9.17, 15) is 22.8 Å². The van der Waals surface area contributed by atoms with Gasteiger partial charge in [-0.25, -0.2) is 0 Å². The van der Waals surface area contributed by atoms with Gasteiger partial charge in [0.2, 0.25) is 11.8 Å². The van der Waals surface area contributed by atoms with E-state index in [-0.39, 0.29) is 23.2 Å². The van der Waals surface area contributed by atoms with Crippen LogP contribution in [0.4, 0.5) is 18.9 Å². The molecule has 22 heavy (non-hydrogen) atoms. The van der Waals surface area contributed by atoms with Crippen molar-refractivity contribution in [2.24, 2.45) is 5.41 Å². The van der Waals surface area contributed by atoms with E-state index in [0.29, 0.717) is 0 Å². The van der Waals surface area contributed by atoms with E-state index < -0.39 is 23.1 Å². The molecule has 0 spiro atoms. The third kappa shape index (κ3) is 5.22. The van der Waals surface area contributed by atoms with E-state index >= 15 is 0 Å². The summed E-state index contributed by atoms with van der Waals surface area (Å²) >= 11 is 5.76. The number of anilines is 1. The van der Waals surface area contributed by atoms with E-state index in [2.05, 4.69) is 10.6 Å². The average molecular weight is 337 g/mol. The van der Waals surface area contributed by atoms with Crippen LogP contribution >= 0.6 is 11.6 Å². The molecule has 0 aliphatic rings. The smallest absolute Gasteiger partial charge is 0.347 e. The summed E-state index contributed by atoms with van der Waals surface area (Å²) in [7, 11) is 0. The zero-order chi connectivity index (χ0) is 17.1. The summed E-state index contributed by atoms with van der Waals surface area (Å²) in [6, 6.07) is 2.61. The highest BCUT2D eigenvalue weighted by Crippen LogP contribution is 2.33. The summed E-state index contributed by atoms with van der Waals surface area (Å²) in [6.07, 6.45) is -4.54. The van der Waals surface area contributed by atoms with Crippen molar-refractivity contribution >= 4 is 29.1 Å². The molecule has 0 heterocycles. The van der Waals surface area contributed by atoms with Crippen LogP contribution in [0.3, 0.4) is 0 Å². The lowest BCUT2D eigenvalue weighted by molar-refractivity contribution is -0.137. The number of halogens is 4. The number of hydrogen-bond acceptors (Lipinski definition) is 2. The molecule has 0 unspecified atom stereocenters. The van der Waals surface area contributed by atoms with Crippen molar-refractivity contribution < 1.29 is 22.8 Å². The molecule has 1 aromatic carbocycles. The fraction of sp³-hybridized carbons (Fsp3) is 0.429. The Labute approximate surface area is 131 Å². The first kappa shape index (κ1) is 18.3. The Morgan fingerprint density at radius 3 is 2.27 bits per heavy atom. The molecule has 0 bridgehead atoms. The number of amides is 2. The Balaban J connectivity index is 2.75. The Morgan fingerprint density at radius 1 is 1.18 bits per heavy atom. The van der Waals surface area contributed by atoms with Gasteiger partial charge in [0.05, 0.1) is 22.8 Å². The Hall–Kier alpha value is -1.76. The monoisotopic (exact) mass is 336 g/mol. The summed E-state index contributed by atoms with van der Waals surface area (Å²) in [5, 5.41) is 4.61. The SMILES string of the molecule is CC(C)(C)C(=O)NCC(=O)Nc1cc(C(F)(F)F)ccc1Cl. The summed E-state index contributed by atoms with van der Waals surface area (Å²) in [6.45, 7) is 4.65. The molecule has 8 heteroatoms. The Morgan fingerprint density at radius 2 is 1.77 bits per heavy atom. The lowest BCUT2D eigenvalue weighted by Gasteiger charge is -2.17. The topological polar surface area (TPSA) is 58.2 Å². The zero-order valence-electron chi connectivity index (χ0n) is 12.3. The predicted octanol–water partition coefficient (Wildman–Crippen LogP) is 3.46. The first-order chi connectivity index (χ1) is 9.91. The summed E-state index contributed by atoms with van der Waals surface area (Å²) in [5.41, 5.74) is -1.76. The minimum atomic E-state index is -4.54. The predicted molar refractivity (Wildman–Crippen MR) is 77.5 cm³/mol. The van der Waals surface area contributed by atoms with Gasteiger partial charge >= 0.3 is 6.18 Å². The van der Waals surface area contributed by atoms with Crippen molar-refractivity contribution in [3.63, 3.8) is 0 Å². The molecule has 1 rings (SSSR count). The van der Waals surface area contributed by atoms with Gasteiger partial charge in [-0.15, -0.1) is 0 Å². The van der Waals surface area contributed by atoms with E-state index in [1.807, 2.05) is 0 Å². The Bertz CT molecular complexity index is 580. The van der Waals surface area contributed by atoms with Gasteiger partial charge in [-0.3, -0.25) is 9.59 Å². The third-order valence-electron chi connectivity index (χ3n) is 2.66. The van der Waals surface area contributed by atoms with Crippen LogP contribution in [0.15, 0.2) is 18.2 Å². The molecule has 0 aliphatic heterocycles. The quantitative estimate of drug-likeness (QED) is 0.888. The number of alkyl halides is 3. The van der Waals surface area contributed by atoms with Crippen LogP contribution in [-0.4, -0.2) is 18.4 Å². The lowest BCUT2D eigenvalue weighted by atomic mass is 9.96. The van der Waals surface area contributed by atoms with Gasteiger partial charge in [0, 0.05) is 5.41 Å². The number of carbonyl (C=O) groups is 2. The van der Waals surface area contributed by atoms with Crippen LogP contribution in [0.25, 0.3) is 0 Å². The van der Waals surface area contributed by atoms with E-state index in [0.717, 1.165) is 18.2 Å². The van der Waals surface area contributed by atoms with E-state index in [1.165, 1.54) is 0 Å². The first-order valence-electron chi connectivity index (χ1n) is 6.36. The van der Waals surface area contributed by atoms with Crippen molar-refractivity contribution in [2.45, 2.75) is 26.9 Å². The van der Waals surface area contributed by atoms with Gasteiger partial charge in [0.15, 0.2) is 0 Å².